The van der Waals surface area contributed by atoms with E-state index in [4.69, 9.17) is 9.97 Å². The van der Waals surface area contributed by atoms with E-state index >= 15 is 0 Å². The number of aromatic hydroxyl groups is 1. The van der Waals surface area contributed by atoms with Gasteiger partial charge in [0.1, 0.15) is 11.6 Å². The van der Waals surface area contributed by atoms with Gasteiger partial charge in [-0.1, -0.05) is 24.3 Å². The predicted octanol–water partition coefficient (Wildman–Crippen LogP) is 5.10. The van der Waals surface area contributed by atoms with Crippen molar-refractivity contribution in [3.05, 3.63) is 60.7 Å². The van der Waals surface area contributed by atoms with E-state index in [1.807, 2.05) is 24.3 Å². The standard InChI is InChI=1S/C23H25N3O/c1-3-6-17-11-13-26(14-12-17)23-18-10-9-16(2)15-20(18)24-22(25-23)19-7-4-5-8-21(19)27/h3-5,7-10,15,17,27H,1,6,11-14H2,2H3. The van der Waals surface area contributed by atoms with Gasteiger partial charge in [0, 0.05) is 18.5 Å². The average molecular weight is 359 g/mol. The summed E-state index contributed by atoms with van der Waals surface area (Å²) in [5, 5.41) is 11.4. The maximum absolute atomic E-state index is 10.3. The number of phenols is 1. The highest BCUT2D eigenvalue weighted by molar-refractivity contribution is 5.91. The zero-order chi connectivity index (χ0) is 18.8. The molecule has 0 amide bonds. The fourth-order valence-corrected chi connectivity index (χ4v) is 3.86. The molecule has 27 heavy (non-hydrogen) atoms. The average Bonchev–Trinajstić information content (AvgIpc) is 2.68. The number of para-hydroxylation sites is 1. The topological polar surface area (TPSA) is 49.2 Å². The van der Waals surface area contributed by atoms with Crippen LogP contribution in [0, 0.1) is 12.8 Å². The fourth-order valence-electron chi connectivity index (χ4n) is 3.86. The lowest BCUT2D eigenvalue weighted by molar-refractivity contribution is 0.409. The smallest absolute Gasteiger partial charge is 0.165 e. The molecule has 4 heteroatoms. The number of hydrogen-bond donors (Lipinski definition) is 1. The number of phenolic OH excluding ortho intramolecular Hbond substituents is 1. The Balaban J connectivity index is 1.79. The lowest BCUT2D eigenvalue weighted by Gasteiger charge is -2.33. The van der Waals surface area contributed by atoms with Crippen LogP contribution in [0.5, 0.6) is 5.75 Å². The van der Waals surface area contributed by atoms with Crippen LogP contribution < -0.4 is 4.90 Å². The summed E-state index contributed by atoms with van der Waals surface area (Å²) in [5.74, 6) is 2.47. The third kappa shape index (κ3) is 3.52. The SMILES string of the molecule is C=CCC1CCN(c2nc(-c3ccccc3O)nc3cc(C)ccc23)CC1. The Morgan fingerprint density at radius 3 is 2.67 bits per heavy atom. The first kappa shape index (κ1) is 17.5. The molecular weight excluding hydrogens is 334 g/mol. The molecule has 0 saturated carbocycles. The summed E-state index contributed by atoms with van der Waals surface area (Å²) < 4.78 is 0. The molecule has 0 atom stereocenters. The molecule has 1 N–H and O–H groups in total. The maximum Gasteiger partial charge on any atom is 0.165 e. The Kier molecular flexibility index (Phi) is 4.80. The zero-order valence-corrected chi connectivity index (χ0v) is 15.7. The van der Waals surface area contributed by atoms with Gasteiger partial charge >= 0.3 is 0 Å². The lowest BCUT2D eigenvalue weighted by Crippen LogP contribution is -2.34. The summed E-state index contributed by atoms with van der Waals surface area (Å²) >= 11 is 0. The molecule has 3 aromatic rings. The van der Waals surface area contributed by atoms with Crippen LogP contribution in [0.1, 0.15) is 24.8 Å². The van der Waals surface area contributed by atoms with Crippen molar-refractivity contribution in [1.82, 2.24) is 9.97 Å². The van der Waals surface area contributed by atoms with Crippen LogP contribution in [0.25, 0.3) is 22.3 Å². The molecule has 1 saturated heterocycles. The normalized spacial score (nSPS) is 15.2. The number of piperidine rings is 1. The molecule has 1 fully saturated rings. The minimum Gasteiger partial charge on any atom is -0.507 e. The summed E-state index contributed by atoms with van der Waals surface area (Å²) in [6.45, 7) is 7.92. The van der Waals surface area contributed by atoms with Crippen LogP contribution in [0.15, 0.2) is 55.1 Å². The Morgan fingerprint density at radius 2 is 1.93 bits per heavy atom. The van der Waals surface area contributed by atoms with Gasteiger partial charge in [0.2, 0.25) is 0 Å². The monoisotopic (exact) mass is 359 g/mol. The number of rotatable bonds is 4. The van der Waals surface area contributed by atoms with Crippen molar-refractivity contribution in [2.45, 2.75) is 26.2 Å². The molecule has 2 aromatic carbocycles. The second-order valence-corrected chi connectivity index (χ2v) is 7.36. The van der Waals surface area contributed by atoms with Crippen LogP contribution in [0.2, 0.25) is 0 Å². The number of nitrogens with zero attached hydrogens (tertiary/aromatic N) is 3. The maximum atomic E-state index is 10.3. The molecule has 0 radical (unpaired) electrons. The van der Waals surface area contributed by atoms with E-state index in [1.54, 1.807) is 6.07 Å². The van der Waals surface area contributed by atoms with Crippen molar-refractivity contribution < 1.29 is 5.11 Å². The molecule has 0 aliphatic carbocycles. The number of anilines is 1. The third-order valence-corrected chi connectivity index (χ3v) is 5.39. The van der Waals surface area contributed by atoms with Gasteiger partial charge in [0.05, 0.1) is 11.1 Å². The lowest BCUT2D eigenvalue weighted by atomic mass is 9.93. The summed E-state index contributed by atoms with van der Waals surface area (Å²) in [6, 6.07) is 13.6. The molecule has 2 heterocycles. The van der Waals surface area contributed by atoms with Gasteiger partial charge in [0.25, 0.3) is 0 Å². The highest BCUT2D eigenvalue weighted by Gasteiger charge is 2.22. The number of aromatic nitrogens is 2. The van der Waals surface area contributed by atoms with E-state index in [9.17, 15) is 5.11 Å². The highest BCUT2D eigenvalue weighted by atomic mass is 16.3. The van der Waals surface area contributed by atoms with Crippen molar-refractivity contribution in [3.63, 3.8) is 0 Å². The number of fused-ring (bicyclic) bond motifs is 1. The Bertz CT molecular complexity index is 975. The molecule has 0 unspecified atom stereocenters. The third-order valence-electron chi connectivity index (χ3n) is 5.39. The Hall–Kier alpha value is -2.88. The second kappa shape index (κ2) is 7.39. The van der Waals surface area contributed by atoms with Crippen LogP contribution in [-0.2, 0) is 0 Å². The first-order valence-corrected chi connectivity index (χ1v) is 9.58. The second-order valence-electron chi connectivity index (χ2n) is 7.36. The molecule has 1 aromatic heterocycles. The van der Waals surface area contributed by atoms with Gasteiger partial charge in [-0.3, -0.25) is 0 Å². The summed E-state index contributed by atoms with van der Waals surface area (Å²) in [4.78, 5) is 12.0. The molecule has 4 nitrogen and oxygen atoms in total. The van der Waals surface area contributed by atoms with Gasteiger partial charge < -0.3 is 10.0 Å². The van der Waals surface area contributed by atoms with Gasteiger partial charge in [-0.15, -0.1) is 6.58 Å². The van der Waals surface area contributed by atoms with Crippen molar-refractivity contribution in [2.75, 3.05) is 18.0 Å². The van der Waals surface area contributed by atoms with Gasteiger partial charge in [-0.25, -0.2) is 9.97 Å². The number of benzene rings is 2. The van der Waals surface area contributed by atoms with Crippen molar-refractivity contribution in [3.8, 4) is 17.1 Å². The molecular formula is C23H25N3O. The van der Waals surface area contributed by atoms with E-state index in [2.05, 4.69) is 36.6 Å². The van der Waals surface area contributed by atoms with Gasteiger partial charge in [-0.05, 0) is 61.9 Å². The molecule has 1 aliphatic rings. The van der Waals surface area contributed by atoms with E-state index in [0.29, 0.717) is 17.3 Å². The summed E-state index contributed by atoms with van der Waals surface area (Å²) in [5.41, 5.74) is 2.76. The molecule has 138 valence electrons. The van der Waals surface area contributed by atoms with Crippen molar-refractivity contribution in [1.29, 1.82) is 0 Å². The molecule has 0 bridgehead atoms. The van der Waals surface area contributed by atoms with Crippen LogP contribution in [-0.4, -0.2) is 28.2 Å². The quantitative estimate of drug-likeness (QED) is 0.658. The predicted molar refractivity (Wildman–Crippen MR) is 111 cm³/mol. The molecule has 1 aliphatic heterocycles. The van der Waals surface area contributed by atoms with E-state index in [0.717, 1.165) is 49.1 Å². The van der Waals surface area contributed by atoms with E-state index in [1.165, 1.54) is 5.56 Å². The van der Waals surface area contributed by atoms with Crippen molar-refractivity contribution in [2.24, 2.45) is 5.92 Å². The highest BCUT2D eigenvalue weighted by Crippen LogP contribution is 2.33. The van der Waals surface area contributed by atoms with E-state index in [-0.39, 0.29) is 5.75 Å². The summed E-state index contributed by atoms with van der Waals surface area (Å²) in [6.07, 6.45) is 5.41. The number of allylic oxidation sites excluding steroid dienone is 1. The van der Waals surface area contributed by atoms with Crippen LogP contribution >= 0.6 is 0 Å². The van der Waals surface area contributed by atoms with Crippen LogP contribution in [0.4, 0.5) is 5.82 Å². The van der Waals surface area contributed by atoms with Crippen molar-refractivity contribution >= 4 is 16.7 Å². The largest absolute Gasteiger partial charge is 0.507 e. The number of hydrogen-bond acceptors (Lipinski definition) is 4. The molecule has 4 rings (SSSR count). The summed E-state index contributed by atoms with van der Waals surface area (Å²) in [7, 11) is 0. The fraction of sp³-hybridized carbons (Fsp3) is 0.304. The van der Waals surface area contributed by atoms with Gasteiger partial charge in [-0.2, -0.15) is 0 Å². The first-order chi connectivity index (χ1) is 13.2. The Labute approximate surface area is 160 Å². The zero-order valence-electron chi connectivity index (χ0n) is 15.7. The molecule has 0 spiro atoms. The minimum absolute atomic E-state index is 0.208. The minimum atomic E-state index is 0.208. The van der Waals surface area contributed by atoms with Crippen LogP contribution in [0.3, 0.4) is 0 Å². The number of aryl methyl sites for hydroxylation is 1. The first-order valence-electron chi connectivity index (χ1n) is 9.58. The van der Waals surface area contributed by atoms with Gasteiger partial charge in [0.15, 0.2) is 5.82 Å². The Morgan fingerprint density at radius 1 is 1.15 bits per heavy atom. The van der Waals surface area contributed by atoms with E-state index < -0.39 is 0 Å².